The minimum atomic E-state index is -2.25. The molecule has 1 saturated heterocycles. The summed E-state index contributed by atoms with van der Waals surface area (Å²) in [7, 11) is -2.25. The van der Waals surface area contributed by atoms with Gasteiger partial charge in [0.25, 0.3) is 0 Å². The summed E-state index contributed by atoms with van der Waals surface area (Å²) in [6, 6.07) is 9.46. The highest BCUT2D eigenvalue weighted by atomic mass is 31.1. The molecule has 2 atom stereocenters. The number of hydrogen-bond acceptors (Lipinski definition) is 5. The first-order chi connectivity index (χ1) is 12.2. The summed E-state index contributed by atoms with van der Waals surface area (Å²) >= 11 is 0. The molecule has 1 aromatic rings. The van der Waals surface area contributed by atoms with E-state index in [2.05, 4.69) is 0 Å². The van der Waals surface area contributed by atoms with Crippen molar-refractivity contribution in [1.29, 1.82) is 0 Å². The van der Waals surface area contributed by atoms with Crippen molar-refractivity contribution in [2.24, 2.45) is 29.6 Å². The second-order valence-electron chi connectivity index (χ2n) is 8.17. The molecule has 1 heterocycles. The molecule has 4 bridgehead atoms. The lowest BCUT2D eigenvalue weighted by molar-refractivity contribution is -0.531. The standard InChI is InChI=1S/C19H24O5P/c20-25(24-19(12-21-23-19)17-4-2-1-3-5-17)22-11-18-15-7-13-6-14(9-15)10-16(18)8-13/h1-5,13-16,18H,6-12H2/q+1. The lowest BCUT2D eigenvalue weighted by atomic mass is 9.52. The fraction of sp³-hybridized carbons (Fsp3) is 0.684. The van der Waals surface area contributed by atoms with Gasteiger partial charge in [0, 0.05) is 10.1 Å². The highest BCUT2D eigenvalue weighted by Crippen LogP contribution is 2.57. The highest BCUT2D eigenvalue weighted by Gasteiger charge is 2.54. The molecule has 2 unspecified atom stereocenters. The molecule has 0 N–H and O–H groups in total. The highest BCUT2D eigenvalue weighted by molar-refractivity contribution is 7.33. The van der Waals surface area contributed by atoms with E-state index in [0.717, 1.165) is 29.2 Å². The van der Waals surface area contributed by atoms with Gasteiger partial charge < -0.3 is 0 Å². The van der Waals surface area contributed by atoms with E-state index in [1.807, 2.05) is 30.3 Å². The van der Waals surface area contributed by atoms with E-state index in [-0.39, 0.29) is 6.61 Å². The van der Waals surface area contributed by atoms with Crippen LogP contribution in [-0.4, -0.2) is 13.2 Å². The van der Waals surface area contributed by atoms with Gasteiger partial charge in [0.1, 0.15) is 13.2 Å². The topological polar surface area (TPSA) is 54.0 Å². The number of hydrogen-bond donors (Lipinski definition) is 0. The van der Waals surface area contributed by atoms with Crippen molar-refractivity contribution < 1.29 is 23.4 Å². The van der Waals surface area contributed by atoms with Crippen LogP contribution in [0.15, 0.2) is 30.3 Å². The lowest BCUT2D eigenvalue weighted by Crippen LogP contribution is -2.47. The van der Waals surface area contributed by atoms with Crippen molar-refractivity contribution in [1.82, 2.24) is 0 Å². The SMILES string of the molecule is O=[P+](OCC1C2CC3CC(C2)CC1C3)OC1(c2ccccc2)COO1. The van der Waals surface area contributed by atoms with E-state index >= 15 is 0 Å². The minimum Gasteiger partial charge on any atom is -0.227 e. The van der Waals surface area contributed by atoms with Gasteiger partial charge >= 0.3 is 14.0 Å². The molecular formula is C19H24O5P+. The average Bonchev–Trinajstić information content (AvgIpc) is 2.58. The first kappa shape index (κ1) is 16.3. The van der Waals surface area contributed by atoms with Crippen LogP contribution in [-0.2, 0) is 29.2 Å². The van der Waals surface area contributed by atoms with Crippen molar-refractivity contribution in [3.8, 4) is 0 Å². The predicted octanol–water partition coefficient (Wildman–Crippen LogP) is 4.56. The van der Waals surface area contributed by atoms with Gasteiger partial charge in [0.15, 0.2) is 0 Å². The molecule has 6 rings (SSSR count). The Morgan fingerprint density at radius 1 is 1.04 bits per heavy atom. The molecule has 6 heteroatoms. The zero-order valence-corrected chi connectivity index (χ0v) is 15.1. The Balaban J connectivity index is 1.20. The van der Waals surface area contributed by atoms with E-state index in [4.69, 9.17) is 18.8 Å². The summed E-state index contributed by atoms with van der Waals surface area (Å²) in [4.78, 5) is 10.0. The molecule has 5 nitrogen and oxygen atoms in total. The first-order valence-electron chi connectivity index (χ1n) is 9.37. The van der Waals surface area contributed by atoms with Crippen LogP contribution in [0.4, 0.5) is 0 Å². The van der Waals surface area contributed by atoms with Crippen LogP contribution in [0.2, 0.25) is 0 Å². The van der Waals surface area contributed by atoms with E-state index in [1.54, 1.807) is 0 Å². The molecular weight excluding hydrogens is 339 g/mol. The molecule has 0 aromatic heterocycles. The molecule has 0 radical (unpaired) electrons. The number of rotatable bonds is 6. The van der Waals surface area contributed by atoms with E-state index in [0.29, 0.717) is 12.5 Å². The van der Waals surface area contributed by atoms with E-state index in [9.17, 15) is 4.57 Å². The van der Waals surface area contributed by atoms with Crippen LogP contribution in [0.5, 0.6) is 0 Å². The second-order valence-corrected chi connectivity index (χ2v) is 9.06. The maximum Gasteiger partial charge on any atom is 0.701 e. The third kappa shape index (κ3) is 2.96. The van der Waals surface area contributed by atoms with Crippen LogP contribution in [0.1, 0.15) is 37.7 Å². The van der Waals surface area contributed by atoms with E-state index in [1.165, 1.54) is 32.1 Å². The predicted molar refractivity (Wildman–Crippen MR) is 90.3 cm³/mol. The molecule has 5 aliphatic rings. The zero-order chi connectivity index (χ0) is 16.9. The fourth-order valence-electron chi connectivity index (χ4n) is 5.69. The quantitative estimate of drug-likeness (QED) is 0.548. The zero-order valence-electron chi connectivity index (χ0n) is 14.2. The fourth-order valence-corrected chi connectivity index (χ4v) is 6.46. The largest absolute Gasteiger partial charge is 0.701 e. The van der Waals surface area contributed by atoms with Gasteiger partial charge in [-0.25, -0.2) is 4.89 Å². The molecule has 0 spiro atoms. The lowest BCUT2D eigenvalue weighted by Gasteiger charge is -2.53. The summed E-state index contributed by atoms with van der Waals surface area (Å²) in [5, 5.41) is 0. The molecule has 1 aromatic carbocycles. The second kappa shape index (κ2) is 6.40. The van der Waals surface area contributed by atoms with Crippen molar-refractivity contribution in [3.05, 3.63) is 35.9 Å². The summed E-state index contributed by atoms with van der Waals surface area (Å²) in [5.41, 5.74) is 0.794. The van der Waals surface area contributed by atoms with Gasteiger partial charge in [-0.2, -0.15) is 4.89 Å². The number of benzene rings is 1. The Kier molecular flexibility index (Phi) is 4.18. The van der Waals surface area contributed by atoms with Gasteiger partial charge in [-0.3, -0.25) is 0 Å². The Hall–Kier alpha value is -0.840. The van der Waals surface area contributed by atoms with Crippen molar-refractivity contribution in [2.75, 3.05) is 13.2 Å². The maximum absolute atomic E-state index is 12.4. The van der Waals surface area contributed by atoms with Gasteiger partial charge in [0.05, 0.1) is 0 Å². The first-order valence-corrected chi connectivity index (χ1v) is 10.5. The molecule has 25 heavy (non-hydrogen) atoms. The molecule has 1 aliphatic heterocycles. The van der Waals surface area contributed by atoms with Gasteiger partial charge in [0.2, 0.25) is 0 Å². The summed E-state index contributed by atoms with van der Waals surface area (Å²) < 4.78 is 23.7. The summed E-state index contributed by atoms with van der Waals surface area (Å²) in [6.07, 6.45) is 6.79. The third-order valence-corrected chi connectivity index (χ3v) is 7.48. The Morgan fingerprint density at radius 2 is 1.68 bits per heavy atom. The third-order valence-electron chi connectivity index (χ3n) is 6.67. The van der Waals surface area contributed by atoms with Gasteiger partial charge in [-0.05, 0) is 61.7 Å². The molecule has 5 fully saturated rings. The van der Waals surface area contributed by atoms with Crippen molar-refractivity contribution in [3.63, 3.8) is 0 Å². The Labute approximate surface area is 148 Å². The molecule has 134 valence electrons. The maximum atomic E-state index is 12.4. The Morgan fingerprint density at radius 3 is 2.24 bits per heavy atom. The molecule has 4 saturated carbocycles. The molecule has 0 amide bonds. The summed E-state index contributed by atoms with van der Waals surface area (Å²) in [6.45, 7) is 0.759. The average molecular weight is 363 g/mol. The van der Waals surface area contributed by atoms with Crippen molar-refractivity contribution >= 4 is 8.25 Å². The monoisotopic (exact) mass is 363 g/mol. The van der Waals surface area contributed by atoms with Crippen LogP contribution in [0.25, 0.3) is 0 Å². The summed E-state index contributed by atoms with van der Waals surface area (Å²) in [5.74, 6) is 2.83. The van der Waals surface area contributed by atoms with Crippen LogP contribution < -0.4 is 0 Å². The smallest absolute Gasteiger partial charge is 0.227 e. The van der Waals surface area contributed by atoms with Crippen LogP contribution in [0.3, 0.4) is 0 Å². The van der Waals surface area contributed by atoms with Crippen molar-refractivity contribution in [2.45, 2.75) is 37.9 Å². The molecule has 4 aliphatic carbocycles. The van der Waals surface area contributed by atoms with Gasteiger partial charge in [-0.15, -0.1) is 4.52 Å². The van der Waals surface area contributed by atoms with Gasteiger partial charge in [-0.1, -0.05) is 34.9 Å². The van der Waals surface area contributed by atoms with Crippen LogP contribution in [0, 0.1) is 29.6 Å². The Bertz CT molecular complexity index is 616. The minimum absolute atomic E-state index is 0.222. The van der Waals surface area contributed by atoms with E-state index < -0.39 is 14.0 Å². The van der Waals surface area contributed by atoms with Crippen LogP contribution >= 0.6 is 8.25 Å². The normalized spacial score (nSPS) is 42.2.